The van der Waals surface area contributed by atoms with Crippen molar-refractivity contribution in [3.8, 4) is 5.75 Å². The lowest BCUT2D eigenvalue weighted by Crippen LogP contribution is -2.42. The van der Waals surface area contributed by atoms with E-state index in [0.717, 1.165) is 24.8 Å². The zero-order chi connectivity index (χ0) is 20.3. The van der Waals surface area contributed by atoms with E-state index in [1.807, 2.05) is 20.8 Å². The first kappa shape index (κ1) is 23.5. The molecule has 0 heterocycles. The summed E-state index contributed by atoms with van der Waals surface area (Å²) >= 11 is 6.01. The lowest BCUT2D eigenvalue weighted by molar-refractivity contribution is -0.168. The van der Waals surface area contributed by atoms with E-state index in [2.05, 4.69) is 6.92 Å². The second-order valence-corrected chi connectivity index (χ2v) is 7.40. The third-order valence-corrected chi connectivity index (χ3v) is 5.48. The van der Waals surface area contributed by atoms with Gasteiger partial charge in [-0.25, -0.2) is 0 Å². The minimum Gasteiger partial charge on any atom is -0.465 e. The summed E-state index contributed by atoms with van der Waals surface area (Å²) < 4.78 is 10.9. The summed E-state index contributed by atoms with van der Waals surface area (Å²) in [6.07, 6.45) is 7.34. The summed E-state index contributed by atoms with van der Waals surface area (Å²) in [6, 6.07) is 5.00. The van der Waals surface area contributed by atoms with Crippen LogP contribution >= 0.6 is 11.6 Å². The number of carbonyl (C=O) groups is 2. The lowest BCUT2D eigenvalue weighted by atomic mass is 9.82. The predicted molar refractivity (Wildman–Crippen MR) is 109 cm³/mol. The van der Waals surface area contributed by atoms with Gasteiger partial charge in [0.25, 0.3) is 0 Å². The predicted octanol–water partition coefficient (Wildman–Crippen LogP) is 6.26. The summed E-state index contributed by atoms with van der Waals surface area (Å²) in [6.45, 7) is 7.98. The van der Waals surface area contributed by atoms with Gasteiger partial charge in [-0.3, -0.25) is 9.59 Å². The van der Waals surface area contributed by atoms with Gasteiger partial charge in [0.1, 0.15) is 5.75 Å². The molecule has 0 atom stereocenters. The van der Waals surface area contributed by atoms with Crippen LogP contribution in [0.25, 0.3) is 0 Å². The van der Waals surface area contributed by atoms with Crippen molar-refractivity contribution in [1.82, 2.24) is 0 Å². The molecule has 0 aliphatic carbocycles. The molecule has 0 saturated carbocycles. The van der Waals surface area contributed by atoms with E-state index < -0.39 is 17.4 Å². The Balaban J connectivity index is 2.65. The summed E-state index contributed by atoms with van der Waals surface area (Å²) in [5.74, 6) is -0.671. The van der Waals surface area contributed by atoms with Crippen LogP contribution in [0.5, 0.6) is 5.75 Å². The van der Waals surface area contributed by atoms with Gasteiger partial charge in [-0.05, 0) is 49.9 Å². The molecular formula is C22H33ClO4. The van der Waals surface area contributed by atoms with Crippen molar-refractivity contribution in [3.05, 3.63) is 28.8 Å². The van der Waals surface area contributed by atoms with Crippen LogP contribution in [0, 0.1) is 12.3 Å². The number of halogens is 1. The molecule has 0 spiro atoms. The summed E-state index contributed by atoms with van der Waals surface area (Å²) in [4.78, 5) is 25.5. The fraction of sp³-hybridized carbons (Fsp3) is 0.636. The molecule has 4 nitrogen and oxygen atoms in total. The standard InChI is InChI=1S/C22H33ClO4/c1-5-8-9-10-11-12-15-26-20(24)22(6-2,7-3)21(25)27-18-13-14-19(23)17(4)16-18/h13-14,16H,5-12,15H2,1-4H3. The first-order chi connectivity index (χ1) is 12.9. The molecule has 27 heavy (non-hydrogen) atoms. The van der Waals surface area contributed by atoms with E-state index in [1.165, 1.54) is 19.3 Å². The monoisotopic (exact) mass is 396 g/mol. The Kier molecular flexibility index (Phi) is 10.5. The van der Waals surface area contributed by atoms with E-state index in [-0.39, 0.29) is 0 Å². The third-order valence-electron chi connectivity index (χ3n) is 5.06. The maximum atomic E-state index is 12.8. The molecule has 1 aromatic carbocycles. The summed E-state index contributed by atoms with van der Waals surface area (Å²) in [7, 11) is 0. The Morgan fingerprint density at radius 2 is 1.59 bits per heavy atom. The number of hydrogen-bond acceptors (Lipinski definition) is 4. The minimum atomic E-state index is -1.27. The molecule has 0 radical (unpaired) electrons. The van der Waals surface area contributed by atoms with E-state index >= 15 is 0 Å². The molecule has 5 heteroatoms. The highest BCUT2D eigenvalue weighted by atomic mass is 35.5. The second-order valence-electron chi connectivity index (χ2n) is 6.99. The highest BCUT2D eigenvalue weighted by molar-refractivity contribution is 6.31. The van der Waals surface area contributed by atoms with Gasteiger partial charge in [-0.2, -0.15) is 0 Å². The first-order valence-electron chi connectivity index (χ1n) is 10.1. The molecular weight excluding hydrogens is 364 g/mol. The molecule has 0 aromatic heterocycles. The Bertz CT molecular complexity index is 608. The molecule has 0 amide bonds. The average molecular weight is 397 g/mol. The molecule has 0 aliphatic rings. The number of aryl methyl sites for hydroxylation is 1. The van der Waals surface area contributed by atoms with E-state index in [9.17, 15) is 9.59 Å². The topological polar surface area (TPSA) is 52.6 Å². The summed E-state index contributed by atoms with van der Waals surface area (Å²) in [5.41, 5.74) is -0.457. The van der Waals surface area contributed by atoms with Gasteiger partial charge in [0, 0.05) is 5.02 Å². The van der Waals surface area contributed by atoms with Crippen LogP contribution in [-0.4, -0.2) is 18.5 Å². The highest BCUT2D eigenvalue weighted by Gasteiger charge is 2.46. The van der Waals surface area contributed by atoms with Crippen LogP contribution in [-0.2, 0) is 14.3 Å². The third kappa shape index (κ3) is 6.84. The number of rotatable bonds is 12. The van der Waals surface area contributed by atoms with E-state index in [1.54, 1.807) is 18.2 Å². The molecule has 0 saturated heterocycles. The van der Waals surface area contributed by atoms with Gasteiger partial charge in [0.05, 0.1) is 6.61 Å². The fourth-order valence-electron chi connectivity index (χ4n) is 2.98. The van der Waals surface area contributed by atoms with Gasteiger partial charge in [0.15, 0.2) is 5.41 Å². The smallest absolute Gasteiger partial charge is 0.328 e. The minimum absolute atomic E-state index is 0.338. The van der Waals surface area contributed by atoms with Crippen LogP contribution in [0.3, 0.4) is 0 Å². The molecule has 0 aliphatic heterocycles. The van der Waals surface area contributed by atoms with Crippen LogP contribution < -0.4 is 4.74 Å². The lowest BCUT2D eigenvalue weighted by Gasteiger charge is -2.26. The molecule has 0 fully saturated rings. The van der Waals surface area contributed by atoms with Crippen LogP contribution in [0.4, 0.5) is 0 Å². The molecule has 1 aromatic rings. The van der Waals surface area contributed by atoms with Crippen molar-refractivity contribution in [2.24, 2.45) is 5.41 Å². The number of benzene rings is 1. The molecule has 152 valence electrons. The largest absolute Gasteiger partial charge is 0.465 e. The van der Waals surface area contributed by atoms with Crippen molar-refractivity contribution >= 4 is 23.5 Å². The second kappa shape index (κ2) is 12.0. The van der Waals surface area contributed by atoms with Crippen molar-refractivity contribution in [2.75, 3.05) is 6.61 Å². The SMILES string of the molecule is CCCCCCCCOC(=O)C(CC)(CC)C(=O)Oc1ccc(Cl)c(C)c1. The Labute approximate surface area is 168 Å². The van der Waals surface area contributed by atoms with Gasteiger partial charge < -0.3 is 9.47 Å². The van der Waals surface area contributed by atoms with Crippen molar-refractivity contribution in [1.29, 1.82) is 0 Å². The maximum absolute atomic E-state index is 12.8. The zero-order valence-electron chi connectivity index (χ0n) is 17.1. The van der Waals surface area contributed by atoms with Crippen molar-refractivity contribution < 1.29 is 19.1 Å². The van der Waals surface area contributed by atoms with E-state index in [0.29, 0.717) is 30.2 Å². The Morgan fingerprint density at radius 1 is 0.963 bits per heavy atom. The maximum Gasteiger partial charge on any atom is 0.328 e. The fourth-order valence-corrected chi connectivity index (χ4v) is 3.10. The van der Waals surface area contributed by atoms with Gasteiger partial charge >= 0.3 is 11.9 Å². The van der Waals surface area contributed by atoms with Gasteiger partial charge in [-0.15, -0.1) is 0 Å². The van der Waals surface area contributed by atoms with Crippen LogP contribution in [0.1, 0.15) is 77.7 Å². The number of carbonyl (C=O) groups excluding carboxylic acids is 2. The number of ether oxygens (including phenoxy) is 2. The Morgan fingerprint density at radius 3 is 2.19 bits per heavy atom. The Hall–Kier alpha value is -1.55. The molecule has 0 bridgehead atoms. The van der Waals surface area contributed by atoms with Crippen LogP contribution in [0.2, 0.25) is 5.02 Å². The summed E-state index contributed by atoms with van der Waals surface area (Å²) in [5, 5.41) is 0.602. The van der Waals surface area contributed by atoms with E-state index in [4.69, 9.17) is 21.1 Å². The molecule has 1 rings (SSSR count). The normalized spacial score (nSPS) is 11.3. The zero-order valence-corrected chi connectivity index (χ0v) is 17.9. The molecule has 0 unspecified atom stereocenters. The van der Waals surface area contributed by atoms with Crippen molar-refractivity contribution in [2.45, 2.75) is 79.1 Å². The first-order valence-corrected chi connectivity index (χ1v) is 10.4. The van der Waals surface area contributed by atoms with Gasteiger partial charge in [0.2, 0.25) is 0 Å². The quantitative estimate of drug-likeness (QED) is 0.181. The number of hydrogen-bond donors (Lipinski definition) is 0. The average Bonchev–Trinajstić information content (AvgIpc) is 2.65. The number of unbranched alkanes of at least 4 members (excludes halogenated alkanes) is 5. The van der Waals surface area contributed by atoms with Crippen molar-refractivity contribution in [3.63, 3.8) is 0 Å². The van der Waals surface area contributed by atoms with Gasteiger partial charge in [-0.1, -0.05) is 64.5 Å². The molecule has 0 N–H and O–H groups in total. The number of esters is 2. The highest BCUT2D eigenvalue weighted by Crippen LogP contribution is 2.32. The van der Waals surface area contributed by atoms with Crippen LogP contribution in [0.15, 0.2) is 18.2 Å².